The number of benzene rings is 1. The lowest BCUT2D eigenvalue weighted by atomic mass is 9.81. The molecule has 2 rings (SSSR count). The van der Waals surface area contributed by atoms with Gasteiger partial charge >= 0.3 is 0 Å². The van der Waals surface area contributed by atoms with E-state index in [-0.39, 0.29) is 18.0 Å². The van der Waals surface area contributed by atoms with Crippen molar-refractivity contribution in [1.82, 2.24) is 0 Å². The lowest BCUT2D eigenvalue weighted by Gasteiger charge is -2.34. The fourth-order valence-corrected chi connectivity index (χ4v) is 3.52. The SMILES string of the molecule is CCOC(C(N)Cc1ccc(F)cc1C)C1CCCCC1. The van der Waals surface area contributed by atoms with Gasteiger partial charge in [0.2, 0.25) is 0 Å². The minimum absolute atomic E-state index is 0.0165. The molecule has 2 atom stereocenters. The molecule has 1 aliphatic rings. The molecule has 3 heteroatoms. The summed E-state index contributed by atoms with van der Waals surface area (Å²) in [5.41, 5.74) is 8.56. The highest BCUT2D eigenvalue weighted by molar-refractivity contribution is 5.27. The number of hydrogen-bond donors (Lipinski definition) is 1. The number of aryl methyl sites for hydroxylation is 1. The molecule has 1 saturated carbocycles. The first-order valence-electron chi connectivity index (χ1n) is 8.24. The lowest BCUT2D eigenvalue weighted by Crippen LogP contribution is -2.44. The number of hydrogen-bond acceptors (Lipinski definition) is 2. The van der Waals surface area contributed by atoms with Gasteiger partial charge in [0, 0.05) is 12.6 Å². The van der Waals surface area contributed by atoms with E-state index in [9.17, 15) is 4.39 Å². The van der Waals surface area contributed by atoms with E-state index in [2.05, 4.69) is 0 Å². The molecule has 21 heavy (non-hydrogen) atoms. The largest absolute Gasteiger partial charge is 0.377 e. The fourth-order valence-electron chi connectivity index (χ4n) is 3.52. The molecule has 0 heterocycles. The Kier molecular flexibility index (Phi) is 6.19. The molecule has 0 bridgehead atoms. The average molecular weight is 293 g/mol. The highest BCUT2D eigenvalue weighted by atomic mass is 19.1. The van der Waals surface area contributed by atoms with Crippen LogP contribution in [0.4, 0.5) is 4.39 Å². The maximum Gasteiger partial charge on any atom is 0.123 e. The van der Waals surface area contributed by atoms with Crippen molar-refractivity contribution < 1.29 is 9.13 Å². The van der Waals surface area contributed by atoms with Crippen molar-refractivity contribution >= 4 is 0 Å². The summed E-state index contributed by atoms with van der Waals surface area (Å²) >= 11 is 0. The second-order valence-electron chi connectivity index (χ2n) is 6.26. The van der Waals surface area contributed by atoms with E-state index >= 15 is 0 Å². The molecule has 0 amide bonds. The Morgan fingerprint density at radius 1 is 1.29 bits per heavy atom. The molecule has 1 aromatic rings. The molecule has 0 spiro atoms. The third-order valence-corrected chi connectivity index (χ3v) is 4.66. The van der Waals surface area contributed by atoms with Crippen molar-refractivity contribution in [2.45, 2.75) is 64.5 Å². The summed E-state index contributed by atoms with van der Waals surface area (Å²) in [7, 11) is 0. The van der Waals surface area contributed by atoms with Gasteiger partial charge in [-0.3, -0.25) is 0 Å². The molecule has 0 aliphatic heterocycles. The average Bonchev–Trinajstić information content (AvgIpc) is 2.48. The summed E-state index contributed by atoms with van der Waals surface area (Å²) < 4.78 is 19.2. The normalized spacial score (nSPS) is 19.4. The predicted molar refractivity (Wildman–Crippen MR) is 84.8 cm³/mol. The van der Waals surface area contributed by atoms with Gasteiger partial charge in [0.05, 0.1) is 6.10 Å². The van der Waals surface area contributed by atoms with Crippen LogP contribution in [-0.2, 0) is 11.2 Å². The molecular formula is C18H28FNO. The zero-order chi connectivity index (χ0) is 15.2. The summed E-state index contributed by atoms with van der Waals surface area (Å²) in [5.74, 6) is 0.396. The van der Waals surface area contributed by atoms with E-state index in [1.807, 2.05) is 19.9 Å². The van der Waals surface area contributed by atoms with Gasteiger partial charge in [0.1, 0.15) is 5.82 Å². The Morgan fingerprint density at radius 3 is 2.62 bits per heavy atom. The van der Waals surface area contributed by atoms with Crippen LogP contribution in [0.15, 0.2) is 18.2 Å². The third-order valence-electron chi connectivity index (χ3n) is 4.66. The van der Waals surface area contributed by atoms with Gasteiger partial charge in [-0.2, -0.15) is 0 Å². The first-order valence-corrected chi connectivity index (χ1v) is 8.24. The molecule has 118 valence electrons. The molecular weight excluding hydrogens is 265 g/mol. The van der Waals surface area contributed by atoms with E-state index in [0.29, 0.717) is 12.5 Å². The Labute approximate surface area is 127 Å². The zero-order valence-electron chi connectivity index (χ0n) is 13.3. The Morgan fingerprint density at radius 2 is 2.00 bits per heavy atom. The second kappa shape index (κ2) is 7.90. The molecule has 0 radical (unpaired) electrons. The maximum absolute atomic E-state index is 13.2. The summed E-state index contributed by atoms with van der Waals surface area (Å²) in [6.07, 6.45) is 7.24. The molecule has 2 N–H and O–H groups in total. The van der Waals surface area contributed by atoms with E-state index in [1.54, 1.807) is 6.07 Å². The first kappa shape index (κ1) is 16.4. The molecule has 2 nitrogen and oxygen atoms in total. The summed E-state index contributed by atoms with van der Waals surface area (Å²) in [4.78, 5) is 0. The van der Waals surface area contributed by atoms with E-state index in [1.165, 1.54) is 38.2 Å². The number of ether oxygens (including phenoxy) is 1. The topological polar surface area (TPSA) is 35.2 Å². The number of nitrogens with two attached hydrogens (primary N) is 1. The van der Waals surface area contributed by atoms with Gasteiger partial charge in [-0.25, -0.2) is 4.39 Å². The fraction of sp³-hybridized carbons (Fsp3) is 0.667. The first-order chi connectivity index (χ1) is 10.1. The summed E-state index contributed by atoms with van der Waals surface area (Å²) in [5, 5.41) is 0. The molecule has 1 aromatic carbocycles. The van der Waals surface area contributed by atoms with Crippen LogP contribution >= 0.6 is 0 Å². The molecule has 1 aliphatic carbocycles. The van der Waals surface area contributed by atoms with Crippen LogP contribution in [-0.4, -0.2) is 18.8 Å². The van der Waals surface area contributed by atoms with Crippen LogP contribution in [0.25, 0.3) is 0 Å². The highest BCUT2D eigenvalue weighted by Gasteiger charge is 2.29. The van der Waals surface area contributed by atoms with Crippen molar-refractivity contribution in [3.63, 3.8) is 0 Å². The van der Waals surface area contributed by atoms with Gasteiger partial charge in [0.15, 0.2) is 0 Å². The van der Waals surface area contributed by atoms with Gasteiger partial charge in [0.25, 0.3) is 0 Å². The van der Waals surface area contributed by atoms with Crippen molar-refractivity contribution in [3.05, 3.63) is 35.1 Å². The van der Waals surface area contributed by atoms with Crippen molar-refractivity contribution in [3.8, 4) is 0 Å². The standard InChI is InChI=1S/C18H28FNO/c1-3-21-18(14-7-5-4-6-8-14)17(20)12-15-9-10-16(19)11-13(15)2/h9-11,14,17-18H,3-8,12,20H2,1-2H3. The van der Waals surface area contributed by atoms with E-state index in [0.717, 1.165) is 17.5 Å². The highest BCUT2D eigenvalue weighted by Crippen LogP contribution is 2.30. The molecule has 2 unspecified atom stereocenters. The van der Waals surface area contributed by atoms with Crippen LogP contribution in [0.5, 0.6) is 0 Å². The summed E-state index contributed by atoms with van der Waals surface area (Å²) in [6, 6.07) is 4.94. The second-order valence-corrected chi connectivity index (χ2v) is 6.26. The molecule has 0 saturated heterocycles. The van der Waals surface area contributed by atoms with Crippen molar-refractivity contribution in [2.24, 2.45) is 11.7 Å². The minimum atomic E-state index is -0.182. The number of halogens is 1. The van der Waals surface area contributed by atoms with Gasteiger partial charge in [-0.05, 0) is 62.3 Å². The van der Waals surface area contributed by atoms with Crippen LogP contribution in [0.3, 0.4) is 0 Å². The van der Waals surface area contributed by atoms with Crippen molar-refractivity contribution in [1.29, 1.82) is 0 Å². The van der Waals surface area contributed by atoms with E-state index < -0.39 is 0 Å². The Hall–Kier alpha value is -0.930. The molecule has 0 aromatic heterocycles. The zero-order valence-corrected chi connectivity index (χ0v) is 13.3. The minimum Gasteiger partial charge on any atom is -0.377 e. The van der Waals surface area contributed by atoms with Crippen LogP contribution < -0.4 is 5.73 Å². The quantitative estimate of drug-likeness (QED) is 0.860. The summed E-state index contributed by atoms with van der Waals surface area (Å²) in [6.45, 7) is 4.68. The predicted octanol–water partition coefficient (Wildman–Crippen LogP) is 3.99. The van der Waals surface area contributed by atoms with Crippen molar-refractivity contribution in [2.75, 3.05) is 6.61 Å². The van der Waals surface area contributed by atoms with Gasteiger partial charge in [-0.1, -0.05) is 25.3 Å². The van der Waals surface area contributed by atoms with Crippen LogP contribution in [0.2, 0.25) is 0 Å². The Bertz CT molecular complexity index is 443. The number of rotatable bonds is 6. The monoisotopic (exact) mass is 293 g/mol. The Balaban J connectivity index is 2.04. The van der Waals surface area contributed by atoms with Gasteiger partial charge < -0.3 is 10.5 Å². The van der Waals surface area contributed by atoms with Crippen LogP contribution in [0, 0.1) is 18.7 Å². The third kappa shape index (κ3) is 4.52. The molecule has 1 fully saturated rings. The van der Waals surface area contributed by atoms with E-state index in [4.69, 9.17) is 10.5 Å². The van der Waals surface area contributed by atoms with Gasteiger partial charge in [-0.15, -0.1) is 0 Å². The van der Waals surface area contributed by atoms with Crippen LogP contribution in [0.1, 0.15) is 50.2 Å². The lowest BCUT2D eigenvalue weighted by molar-refractivity contribution is -0.00914. The maximum atomic E-state index is 13.2. The smallest absolute Gasteiger partial charge is 0.123 e.